The molecule has 26 heavy (non-hydrogen) atoms. The van der Waals surface area contributed by atoms with Crippen molar-refractivity contribution in [1.82, 2.24) is 0 Å². The molecule has 0 aliphatic rings. The Hall–Kier alpha value is -2.99. The summed E-state index contributed by atoms with van der Waals surface area (Å²) in [6.07, 6.45) is 0. The van der Waals surface area contributed by atoms with Gasteiger partial charge in [0.05, 0.1) is 10.6 Å². The van der Waals surface area contributed by atoms with Crippen LogP contribution in [0.5, 0.6) is 0 Å². The minimum absolute atomic E-state index is 0.0169. The van der Waals surface area contributed by atoms with Gasteiger partial charge in [-0.15, -0.1) is 0 Å². The van der Waals surface area contributed by atoms with Crippen molar-refractivity contribution in [1.29, 1.82) is 0 Å². The largest absolute Gasteiger partial charge is 0.272 e. The zero-order chi connectivity index (χ0) is 18.7. The summed E-state index contributed by atoms with van der Waals surface area (Å²) in [5, 5.41) is 0. The van der Waals surface area contributed by atoms with Crippen LogP contribution in [0.25, 0.3) is 0 Å². The molecule has 0 heterocycles. The number of benzene rings is 3. The van der Waals surface area contributed by atoms with Crippen LogP contribution in [0.4, 0.5) is 10.1 Å². The number of anilines is 1. The summed E-state index contributed by atoms with van der Waals surface area (Å²) in [7, 11) is -4.17. The molecule has 132 valence electrons. The van der Waals surface area contributed by atoms with Gasteiger partial charge in [-0.2, -0.15) is 4.31 Å². The number of para-hydroxylation sites is 1. The van der Waals surface area contributed by atoms with Gasteiger partial charge in [0.1, 0.15) is 5.82 Å². The first kappa shape index (κ1) is 17.8. The third-order valence-electron chi connectivity index (χ3n) is 3.81. The fourth-order valence-electron chi connectivity index (χ4n) is 2.48. The van der Waals surface area contributed by atoms with Crippen LogP contribution in [0.15, 0.2) is 83.8 Å². The standard InChI is InChI=1S/C20H16FNO3S/c1-15-10-12-19(13-11-15)26(24,25)22(18-8-3-2-4-9-18)20(23)16-6-5-7-17(21)14-16/h2-14H,1H3. The monoisotopic (exact) mass is 369 g/mol. The number of amides is 1. The van der Waals surface area contributed by atoms with Crippen molar-refractivity contribution < 1.29 is 17.6 Å². The normalized spacial score (nSPS) is 11.2. The number of carbonyl (C=O) groups is 1. The molecule has 3 aromatic rings. The third-order valence-corrected chi connectivity index (χ3v) is 5.53. The lowest BCUT2D eigenvalue weighted by Crippen LogP contribution is -2.37. The van der Waals surface area contributed by atoms with Crippen LogP contribution >= 0.6 is 0 Å². The highest BCUT2D eigenvalue weighted by Crippen LogP contribution is 2.26. The molecule has 0 bridgehead atoms. The van der Waals surface area contributed by atoms with Crippen LogP contribution in [0, 0.1) is 12.7 Å². The Morgan fingerprint density at radius 2 is 1.54 bits per heavy atom. The van der Waals surface area contributed by atoms with E-state index in [-0.39, 0.29) is 16.1 Å². The van der Waals surface area contributed by atoms with E-state index in [1.54, 1.807) is 30.3 Å². The van der Waals surface area contributed by atoms with E-state index < -0.39 is 21.7 Å². The van der Waals surface area contributed by atoms with Crippen molar-refractivity contribution in [3.05, 3.63) is 95.8 Å². The van der Waals surface area contributed by atoms with E-state index in [0.29, 0.717) is 4.31 Å². The molecular formula is C20H16FNO3S. The smallest absolute Gasteiger partial charge is 0.268 e. The summed E-state index contributed by atoms with van der Waals surface area (Å²) in [5.41, 5.74) is 1.03. The number of rotatable bonds is 4. The SMILES string of the molecule is Cc1ccc(S(=O)(=O)N(C(=O)c2cccc(F)c2)c2ccccc2)cc1. The van der Waals surface area contributed by atoms with Gasteiger partial charge < -0.3 is 0 Å². The van der Waals surface area contributed by atoms with E-state index in [4.69, 9.17) is 0 Å². The Morgan fingerprint density at radius 3 is 2.15 bits per heavy atom. The lowest BCUT2D eigenvalue weighted by atomic mass is 10.2. The molecule has 4 nitrogen and oxygen atoms in total. The van der Waals surface area contributed by atoms with Crippen molar-refractivity contribution in [3.8, 4) is 0 Å². The zero-order valence-electron chi connectivity index (χ0n) is 14.0. The molecule has 0 saturated heterocycles. The van der Waals surface area contributed by atoms with Crippen LogP contribution in [-0.4, -0.2) is 14.3 Å². The predicted octanol–water partition coefficient (Wildman–Crippen LogP) is 4.17. The number of aryl methyl sites for hydroxylation is 1. The van der Waals surface area contributed by atoms with Crippen LogP contribution < -0.4 is 4.31 Å². The summed E-state index contributed by atoms with van der Waals surface area (Å²) in [5.74, 6) is -1.44. The Balaban J connectivity index is 2.15. The second kappa shape index (κ2) is 7.09. The van der Waals surface area contributed by atoms with E-state index in [2.05, 4.69) is 0 Å². The molecule has 0 unspecified atom stereocenters. The van der Waals surface area contributed by atoms with Crippen LogP contribution in [-0.2, 0) is 10.0 Å². The van der Waals surface area contributed by atoms with E-state index in [1.165, 1.54) is 42.5 Å². The molecule has 3 rings (SSSR count). The van der Waals surface area contributed by atoms with E-state index in [9.17, 15) is 17.6 Å². The first-order valence-electron chi connectivity index (χ1n) is 7.86. The van der Waals surface area contributed by atoms with Gasteiger partial charge in [-0.05, 0) is 49.4 Å². The molecule has 0 atom stereocenters. The van der Waals surface area contributed by atoms with Crippen LogP contribution in [0.2, 0.25) is 0 Å². The molecule has 0 aliphatic carbocycles. The van der Waals surface area contributed by atoms with E-state index in [1.807, 2.05) is 6.92 Å². The summed E-state index contributed by atoms with van der Waals surface area (Å²) in [4.78, 5) is 12.9. The van der Waals surface area contributed by atoms with Crippen molar-refractivity contribution in [3.63, 3.8) is 0 Å². The van der Waals surface area contributed by atoms with Gasteiger partial charge in [0.15, 0.2) is 0 Å². The van der Waals surface area contributed by atoms with E-state index >= 15 is 0 Å². The predicted molar refractivity (Wildman–Crippen MR) is 98.0 cm³/mol. The lowest BCUT2D eigenvalue weighted by molar-refractivity contribution is 0.100. The van der Waals surface area contributed by atoms with Crippen molar-refractivity contribution in [2.24, 2.45) is 0 Å². The average molecular weight is 369 g/mol. The molecule has 0 saturated carbocycles. The fourth-order valence-corrected chi connectivity index (χ4v) is 3.90. The van der Waals surface area contributed by atoms with Gasteiger partial charge in [0.25, 0.3) is 15.9 Å². The molecule has 0 spiro atoms. The number of hydrogen-bond donors (Lipinski definition) is 0. The molecule has 0 N–H and O–H groups in total. The Kier molecular flexibility index (Phi) is 4.86. The summed E-state index contributed by atoms with van der Waals surface area (Å²) in [6.45, 7) is 1.84. The fraction of sp³-hybridized carbons (Fsp3) is 0.0500. The molecule has 0 fully saturated rings. The minimum atomic E-state index is -4.17. The van der Waals surface area contributed by atoms with Crippen molar-refractivity contribution in [2.45, 2.75) is 11.8 Å². The van der Waals surface area contributed by atoms with Gasteiger partial charge in [-0.3, -0.25) is 4.79 Å². The number of sulfonamides is 1. The number of carbonyl (C=O) groups excluding carboxylic acids is 1. The highest BCUT2D eigenvalue weighted by Gasteiger charge is 2.31. The third kappa shape index (κ3) is 3.50. The molecule has 3 aromatic carbocycles. The van der Waals surface area contributed by atoms with Gasteiger partial charge in [-0.1, -0.05) is 42.0 Å². The molecule has 6 heteroatoms. The second-order valence-corrected chi connectivity index (χ2v) is 7.52. The van der Waals surface area contributed by atoms with Crippen LogP contribution in [0.3, 0.4) is 0 Å². The molecule has 1 amide bonds. The summed E-state index contributed by atoms with van der Waals surface area (Å²) in [6, 6.07) is 19.2. The van der Waals surface area contributed by atoms with Gasteiger partial charge in [0.2, 0.25) is 0 Å². The first-order chi connectivity index (χ1) is 12.4. The molecule has 0 aliphatic heterocycles. The van der Waals surface area contributed by atoms with Crippen molar-refractivity contribution in [2.75, 3.05) is 4.31 Å². The maximum absolute atomic E-state index is 13.5. The topological polar surface area (TPSA) is 54.5 Å². The van der Waals surface area contributed by atoms with Gasteiger partial charge >= 0.3 is 0 Å². The highest BCUT2D eigenvalue weighted by molar-refractivity contribution is 7.93. The maximum atomic E-state index is 13.5. The number of hydrogen-bond acceptors (Lipinski definition) is 3. The lowest BCUT2D eigenvalue weighted by Gasteiger charge is -2.23. The number of nitrogens with zero attached hydrogens (tertiary/aromatic N) is 1. The minimum Gasteiger partial charge on any atom is -0.268 e. The first-order valence-corrected chi connectivity index (χ1v) is 9.30. The van der Waals surface area contributed by atoms with Gasteiger partial charge in [-0.25, -0.2) is 12.8 Å². The quantitative estimate of drug-likeness (QED) is 0.694. The molecular weight excluding hydrogens is 353 g/mol. The van der Waals surface area contributed by atoms with Gasteiger partial charge in [0, 0.05) is 5.56 Å². The summed E-state index contributed by atoms with van der Waals surface area (Å²) >= 11 is 0. The van der Waals surface area contributed by atoms with Crippen molar-refractivity contribution >= 4 is 21.6 Å². The molecule has 0 radical (unpaired) electrons. The maximum Gasteiger partial charge on any atom is 0.272 e. The Labute approximate surface area is 151 Å². The highest BCUT2D eigenvalue weighted by atomic mass is 32.2. The molecule has 0 aromatic heterocycles. The second-order valence-electron chi connectivity index (χ2n) is 5.73. The average Bonchev–Trinajstić information content (AvgIpc) is 2.63. The Morgan fingerprint density at radius 1 is 0.885 bits per heavy atom. The van der Waals surface area contributed by atoms with E-state index in [0.717, 1.165) is 11.6 Å². The zero-order valence-corrected chi connectivity index (χ0v) is 14.8. The Bertz CT molecular complexity index is 1030. The number of halogens is 1. The summed E-state index contributed by atoms with van der Waals surface area (Å²) < 4.78 is 40.5. The van der Waals surface area contributed by atoms with Crippen LogP contribution in [0.1, 0.15) is 15.9 Å².